The van der Waals surface area contributed by atoms with Gasteiger partial charge in [0.15, 0.2) is 5.78 Å². The van der Waals surface area contributed by atoms with Gasteiger partial charge in [-0.25, -0.2) is 4.98 Å². The molecule has 43 heavy (non-hydrogen) atoms. The van der Waals surface area contributed by atoms with Crippen LogP contribution in [-0.2, 0) is 23.0 Å². The molecule has 0 atom stereocenters. The lowest BCUT2D eigenvalue weighted by molar-refractivity contribution is 0.0949. The van der Waals surface area contributed by atoms with Gasteiger partial charge in [-0.05, 0) is 68.0 Å². The fourth-order valence-corrected chi connectivity index (χ4v) is 5.60. The Labute approximate surface area is 252 Å². The minimum atomic E-state index is -4.37. The Kier molecular flexibility index (Phi) is 11.2. The van der Waals surface area contributed by atoms with Gasteiger partial charge in [0, 0.05) is 35.9 Å². The number of pyridine rings is 1. The zero-order valence-corrected chi connectivity index (χ0v) is 24.7. The highest BCUT2D eigenvalue weighted by Gasteiger charge is 2.22. The molecule has 1 aromatic heterocycles. The second-order valence-corrected chi connectivity index (χ2v) is 11.6. The summed E-state index contributed by atoms with van der Waals surface area (Å²) < 4.78 is 38.3. The molecule has 11 heteroatoms. The van der Waals surface area contributed by atoms with Crippen LogP contribution in [0.25, 0.3) is 0 Å². The third-order valence-corrected chi connectivity index (χ3v) is 8.01. The monoisotopic (exact) mass is 604 g/mol. The first kappa shape index (κ1) is 31.6. The summed E-state index contributed by atoms with van der Waals surface area (Å²) in [5, 5.41) is 6.86. The maximum absolute atomic E-state index is 12.5. The van der Waals surface area contributed by atoms with Crippen LogP contribution in [-0.4, -0.2) is 49.0 Å². The number of carbonyl (C=O) groups excluding carboxylic acids is 2. The van der Waals surface area contributed by atoms with Crippen molar-refractivity contribution in [3.8, 4) is 5.75 Å². The number of allylic oxidation sites excluding steroid dienone is 1. The third-order valence-electron chi connectivity index (χ3n) is 7.09. The summed E-state index contributed by atoms with van der Waals surface area (Å²) in [5.41, 5.74) is 6.31. The summed E-state index contributed by atoms with van der Waals surface area (Å²) in [6.45, 7) is 4.99. The lowest BCUT2D eigenvalue weighted by atomic mass is 9.86. The molecular weight excluding hydrogens is 568 g/mol. The molecule has 0 aliphatic heterocycles. The number of hydrogen-bond acceptors (Lipinski definition) is 8. The number of ketones is 1. The van der Waals surface area contributed by atoms with Crippen LogP contribution in [0.3, 0.4) is 0 Å². The van der Waals surface area contributed by atoms with E-state index < -0.39 is 10.1 Å². The second-order valence-electron chi connectivity index (χ2n) is 10.2. The Bertz CT molecular complexity index is 1590. The molecule has 0 radical (unpaired) electrons. The van der Waals surface area contributed by atoms with Crippen LogP contribution in [0.15, 0.2) is 77.4 Å². The van der Waals surface area contributed by atoms with Crippen LogP contribution < -0.4 is 15.5 Å². The normalized spacial score (nSPS) is 13.0. The van der Waals surface area contributed by atoms with Gasteiger partial charge in [-0.1, -0.05) is 37.1 Å². The highest BCUT2D eigenvalue weighted by atomic mass is 32.2. The van der Waals surface area contributed by atoms with Crippen LogP contribution >= 0.6 is 0 Å². The SMILES string of the molecule is C=CCc1c(OCCCCCCNC(=O)c2ccc(N/N=C/c3ccccc3S(=O)(=O)O)nc2)ccc2c1CCCC2=O. The lowest BCUT2D eigenvalue weighted by Crippen LogP contribution is -2.24. The minimum Gasteiger partial charge on any atom is -0.493 e. The van der Waals surface area contributed by atoms with Crippen molar-refractivity contribution in [2.24, 2.45) is 5.10 Å². The average Bonchev–Trinajstić information content (AvgIpc) is 2.99. The molecule has 10 nitrogen and oxygen atoms in total. The zero-order valence-electron chi connectivity index (χ0n) is 23.9. The number of hydrogen-bond donors (Lipinski definition) is 3. The molecule has 3 aromatic rings. The van der Waals surface area contributed by atoms with E-state index >= 15 is 0 Å². The molecule has 0 saturated carbocycles. The maximum atomic E-state index is 12.5. The molecule has 1 aliphatic carbocycles. The van der Waals surface area contributed by atoms with E-state index in [4.69, 9.17) is 4.74 Å². The van der Waals surface area contributed by atoms with Crippen molar-refractivity contribution in [1.29, 1.82) is 0 Å². The number of amides is 1. The van der Waals surface area contributed by atoms with Gasteiger partial charge >= 0.3 is 0 Å². The highest BCUT2D eigenvalue weighted by molar-refractivity contribution is 7.86. The van der Waals surface area contributed by atoms with Gasteiger partial charge in [0.25, 0.3) is 16.0 Å². The van der Waals surface area contributed by atoms with E-state index in [9.17, 15) is 22.6 Å². The smallest absolute Gasteiger partial charge is 0.295 e. The Morgan fingerprint density at radius 1 is 1.07 bits per heavy atom. The number of rotatable bonds is 15. The molecule has 0 spiro atoms. The molecule has 0 unspecified atom stereocenters. The number of carbonyl (C=O) groups is 2. The van der Waals surface area contributed by atoms with Gasteiger partial charge < -0.3 is 10.1 Å². The number of nitrogens with zero attached hydrogens (tertiary/aromatic N) is 2. The van der Waals surface area contributed by atoms with E-state index in [1.165, 1.54) is 30.6 Å². The van der Waals surface area contributed by atoms with Crippen LogP contribution in [0, 0.1) is 0 Å². The molecule has 3 N–H and O–H groups in total. The predicted octanol–water partition coefficient (Wildman–Crippen LogP) is 5.39. The molecule has 1 heterocycles. The molecule has 1 aliphatic rings. The third kappa shape index (κ3) is 8.82. The van der Waals surface area contributed by atoms with E-state index in [2.05, 4.69) is 27.4 Å². The fourth-order valence-electron chi connectivity index (χ4n) is 4.93. The number of aromatic nitrogens is 1. The molecule has 0 saturated heterocycles. The number of ether oxygens (including phenoxy) is 1. The van der Waals surface area contributed by atoms with Crippen molar-refractivity contribution in [2.45, 2.75) is 56.3 Å². The van der Waals surface area contributed by atoms with Crippen molar-refractivity contribution >= 4 is 33.8 Å². The van der Waals surface area contributed by atoms with E-state index in [0.29, 0.717) is 37.4 Å². The van der Waals surface area contributed by atoms with Crippen molar-refractivity contribution in [3.05, 3.63) is 95.2 Å². The van der Waals surface area contributed by atoms with Crippen LogP contribution in [0.2, 0.25) is 0 Å². The van der Waals surface area contributed by atoms with Gasteiger partial charge in [0.05, 0.1) is 18.4 Å². The van der Waals surface area contributed by atoms with Crippen LogP contribution in [0.1, 0.15) is 75.9 Å². The van der Waals surface area contributed by atoms with Crippen molar-refractivity contribution in [1.82, 2.24) is 10.3 Å². The lowest BCUT2D eigenvalue weighted by Gasteiger charge is -2.21. The first-order valence-corrected chi connectivity index (χ1v) is 15.7. The second kappa shape index (κ2) is 15.2. The summed E-state index contributed by atoms with van der Waals surface area (Å²) >= 11 is 0. The number of Topliss-reactive ketones (excluding diaryl/α,β-unsaturated/α-hetero) is 1. The van der Waals surface area contributed by atoms with E-state index in [0.717, 1.165) is 61.0 Å². The van der Waals surface area contributed by atoms with E-state index in [1.54, 1.807) is 18.2 Å². The largest absolute Gasteiger partial charge is 0.493 e. The molecule has 0 bridgehead atoms. The maximum Gasteiger partial charge on any atom is 0.295 e. The summed E-state index contributed by atoms with van der Waals surface area (Å²) in [5.74, 6) is 1.18. The topological polar surface area (TPSA) is 147 Å². The molecule has 2 aromatic carbocycles. The van der Waals surface area contributed by atoms with Crippen LogP contribution in [0.4, 0.5) is 5.82 Å². The average molecular weight is 605 g/mol. The molecule has 1 amide bonds. The number of anilines is 1. The summed E-state index contributed by atoms with van der Waals surface area (Å²) in [7, 11) is -4.37. The first-order chi connectivity index (χ1) is 20.8. The van der Waals surface area contributed by atoms with Crippen molar-refractivity contribution < 1.29 is 27.3 Å². The Morgan fingerprint density at radius 2 is 1.88 bits per heavy atom. The van der Waals surface area contributed by atoms with E-state index in [1.807, 2.05) is 18.2 Å². The quantitative estimate of drug-likeness (QED) is 0.0688. The summed E-state index contributed by atoms with van der Waals surface area (Å²) in [6.07, 6.45) is 11.2. The van der Waals surface area contributed by atoms with Crippen molar-refractivity contribution in [3.63, 3.8) is 0 Å². The fraction of sp³-hybridized carbons (Fsp3) is 0.312. The standard InChI is InChI=1S/C32H36N4O6S/c1-2-10-27-25-12-9-13-28(37)26(25)16-17-29(27)42-20-8-4-3-7-19-33-32(38)24-15-18-31(34-21-24)36-35-22-23-11-5-6-14-30(23)43(39,40)41/h2,5-6,11,14-18,21-22H,1,3-4,7-10,12-13,19-20H2,(H,33,38)(H,34,36)(H,39,40,41)/b35-22+. The Morgan fingerprint density at radius 3 is 2.65 bits per heavy atom. The molecule has 4 rings (SSSR count). The summed E-state index contributed by atoms with van der Waals surface area (Å²) in [6, 6.07) is 12.9. The van der Waals surface area contributed by atoms with Gasteiger partial charge in [0.2, 0.25) is 0 Å². The minimum absolute atomic E-state index is 0.209. The van der Waals surface area contributed by atoms with Gasteiger partial charge in [-0.3, -0.25) is 19.6 Å². The van der Waals surface area contributed by atoms with Crippen molar-refractivity contribution in [2.75, 3.05) is 18.6 Å². The van der Waals surface area contributed by atoms with Gasteiger partial charge in [-0.2, -0.15) is 13.5 Å². The number of fused-ring (bicyclic) bond motifs is 1. The first-order valence-electron chi connectivity index (χ1n) is 14.3. The number of nitrogens with one attached hydrogen (secondary N) is 2. The molecule has 226 valence electrons. The molecule has 0 fully saturated rings. The number of benzene rings is 2. The highest BCUT2D eigenvalue weighted by Crippen LogP contribution is 2.32. The van der Waals surface area contributed by atoms with Crippen LogP contribution in [0.5, 0.6) is 5.75 Å². The van der Waals surface area contributed by atoms with E-state index in [-0.39, 0.29) is 22.1 Å². The number of hydrazone groups is 1. The number of unbranched alkanes of at least 4 members (excludes halogenated alkanes) is 3. The summed E-state index contributed by atoms with van der Waals surface area (Å²) in [4.78, 5) is 28.6. The Balaban J connectivity index is 1.14. The van der Waals surface area contributed by atoms with Gasteiger partial charge in [0.1, 0.15) is 16.5 Å². The van der Waals surface area contributed by atoms with Gasteiger partial charge in [-0.15, -0.1) is 6.58 Å². The molecular formula is C32H36N4O6S. The Hall–Kier alpha value is -4.35. The zero-order chi connectivity index (χ0) is 30.7. The predicted molar refractivity (Wildman–Crippen MR) is 166 cm³/mol.